The first-order valence-electron chi connectivity index (χ1n) is 17.3. The Morgan fingerprint density at radius 1 is 0.473 bits per heavy atom. The van der Waals surface area contributed by atoms with E-state index in [-0.39, 0.29) is 11.4 Å². The largest absolute Gasteiger partial charge is 0.453 e. The molecule has 0 spiro atoms. The molecule has 264 valence electrons. The highest BCUT2D eigenvalue weighted by atomic mass is 19.1. The summed E-state index contributed by atoms with van der Waals surface area (Å²) in [4.78, 5) is 1.76. The van der Waals surface area contributed by atoms with Crippen LogP contribution in [0.15, 0.2) is 121 Å². The first kappa shape index (κ1) is 33.5. The molecule has 0 atom stereocenters. The summed E-state index contributed by atoms with van der Waals surface area (Å²) < 4.78 is 69.2. The Morgan fingerprint density at radius 2 is 0.891 bits per heavy atom. The van der Waals surface area contributed by atoms with Crippen LogP contribution in [0.25, 0.3) is 49.7 Å². The first-order chi connectivity index (χ1) is 26.6. The summed E-state index contributed by atoms with van der Waals surface area (Å²) in [6.07, 6.45) is 0. The van der Waals surface area contributed by atoms with E-state index in [2.05, 4.69) is 12.1 Å². The topological polar surface area (TPSA) is 65.0 Å². The van der Waals surface area contributed by atoms with E-state index in [0.717, 1.165) is 22.3 Å². The third-order valence-electron chi connectivity index (χ3n) is 10.1. The zero-order valence-corrected chi connectivity index (χ0v) is 29.3. The molecule has 5 nitrogen and oxygen atoms in total. The maximum atomic E-state index is 15.5. The molecule has 9 rings (SSSR count). The summed E-state index contributed by atoms with van der Waals surface area (Å²) >= 11 is 0. The Kier molecular flexibility index (Phi) is 7.70. The molecule has 0 unspecified atom stereocenters. The van der Waals surface area contributed by atoms with Crippen molar-refractivity contribution < 1.29 is 22.3 Å². The molecule has 0 saturated heterocycles. The van der Waals surface area contributed by atoms with Crippen LogP contribution in [-0.2, 0) is 0 Å². The van der Waals surface area contributed by atoms with Gasteiger partial charge in [0.2, 0.25) is 0 Å². The predicted molar refractivity (Wildman–Crippen MR) is 205 cm³/mol. The normalized spacial score (nSPS) is 11.9. The van der Waals surface area contributed by atoms with Gasteiger partial charge >= 0.3 is 0 Å². The molecule has 0 fully saturated rings. The van der Waals surface area contributed by atoms with E-state index in [1.807, 2.05) is 42.7 Å². The van der Waals surface area contributed by atoms with Gasteiger partial charge in [0.25, 0.3) is 0 Å². The SMILES string of the molecule is Cc1cc(C#N)ccc1-c1ccc(-c2ccc(C#N)cc2C)c(-n2c3ccc(F)cc3c3cc(F)ccc32)c1N1c2cc(F)ccc2Oc2ccc(F)cc21. The molecule has 0 bridgehead atoms. The van der Waals surface area contributed by atoms with Crippen LogP contribution in [0.3, 0.4) is 0 Å². The Balaban J connectivity index is 1.55. The number of halogens is 4. The van der Waals surface area contributed by atoms with Gasteiger partial charge in [0.05, 0.1) is 57.0 Å². The van der Waals surface area contributed by atoms with Gasteiger partial charge < -0.3 is 14.2 Å². The predicted octanol–water partition coefficient (Wildman–Crippen LogP) is 12.6. The fourth-order valence-electron chi connectivity index (χ4n) is 7.74. The number of nitriles is 2. The van der Waals surface area contributed by atoms with Crippen LogP contribution in [0.1, 0.15) is 22.3 Å². The summed E-state index contributed by atoms with van der Waals surface area (Å²) in [5.74, 6) is -1.54. The number of aryl methyl sites for hydroxylation is 2. The molecule has 0 radical (unpaired) electrons. The maximum Gasteiger partial charge on any atom is 0.151 e. The lowest BCUT2D eigenvalue weighted by atomic mass is 9.90. The van der Waals surface area contributed by atoms with E-state index in [9.17, 15) is 10.5 Å². The van der Waals surface area contributed by atoms with Crippen molar-refractivity contribution in [2.24, 2.45) is 0 Å². The van der Waals surface area contributed by atoms with Crippen molar-refractivity contribution in [3.05, 3.63) is 167 Å². The molecule has 0 aliphatic carbocycles. The van der Waals surface area contributed by atoms with E-state index >= 15 is 17.6 Å². The Hall–Kier alpha value is -7.36. The van der Waals surface area contributed by atoms with Crippen LogP contribution < -0.4 is 9.64 Å². The minimum absolute atomic E-state index is 0.276. The zero-order chi connectivity index (χ0) is 38.1. The number of nitrogens with zero attached hydrogens (tertiary/aromatic N) is 4. The van der Waals surface area contributed by atoms with Gasteiger partial charge in [0, 0.05) is 34.0 Å². The zero-order valence-electron chi connectivity index (χ0n) is 29.3. The van der Waals surface area contributed by atoms with Crippen molar-refractivity contribution in [1.82, 2.24) is 4.57 Å². The number of hydrogen-bond donors (Lipinski definition) is 0. The molecule has 1 aliphatic rings. The van der Waals surface area contributed by atoms with Gasteiger partial charge in [0.15, 0.2) is 11.5 Å². The van der Waals surface area contributed by atoms with Crippen LogP contribution in [0.2, 0.25) is 0 Å². The Morgan fingerprint density at radius 3 is 1.35 bits per heavy atom. The van der Waals surface area contributed by atoms with Crippen molar-refractivity contribution in [2.75, 3.05) is 4.90 Å². The molecular weight excluding hydrogens is 701 g/mol. The van der Waals surface area contributed by atoms with Crippen molar-refractivity contribution in [1.29, 1.82) is 10.5 Å². The lowest BCUT2D eigenvalue weighted by molar-refractivity contribution is 0.472. The van der Waals surface area contributed by atoms with Crippen LogP contribution in [0.5, 0.6) is 11.5 Å². The number of fused-ring (bicyclic) bond motifs is 5. The van der Waals surface area contributed by atoms with Gasteiger partial charge in [-0.05, 0) is 121 Å². The number of aromatic nitrogens is 1. The number of ether oxygens (including phenoxy) is 1. The average Bonchev–Trinajstić information content (AvgIpc) is 3.48. The number of rotatable bonds is 4. The highest BCUT2D eigenvalue weighted by Crippen LogP contribution is 2.57. The van der Waals surface area contributed by atoms with Crippen LogP contribution >= 0.6 is 0 Å². The van der Waals surface area contributed by atoms with E-state index in [1.165, 1.54) is 60.7 Å². The van der Waals surface area contributed by atoms with Crippen LogP contribution in [0.4, 0.5) is 34.6 Å². The fourth-order valence-corrected chi connectivity index (χ4v) is 7.74. The van der Waals surface area contributed by atoms with Crippen LogP contribution in [-0.4, -0.2) is 4.57 Å². The molecule has 1 aromatic heterocycles. The highest BCUT2D eigenvalue weighted by molar-refractivity contribution is 6.12. The maximum absolute atomic E-state index is 15.5. The monoisotopic (exact) mass is 726 g/mol. The molecule has 55 heavy (non-hydrogen) atoms. The summed E-state index contributed by atoms with van der Waals surface area (Å²) in [5.41, 5.74) is 7.78. The highest BCUT2D eigenvalue weighted by Gasteiger charge is 2.34. The van der Waals surface area contributed by atoms with E-state index < -0.39 is 23.3 Å². The lowest BCUT2D eigenvalue weighted by Gasteiger charge is -2.36. The molecular formula is C46H26F4N4O. The molecule has 0 N–H and O–H groups in total. The lowest BCUT2D eigenvalue weighted by Crippen LogP contribution is -2.20. The van der Waals surface area contributed by atoms with Gasteiger partial charge in [-0.1, -0.05) is 24.3 Å². The van der Waals surface area contributed by atoms with Gasteiger partial charge in [-0.2, -0.15) is 10.5 Å². The third-order valence-corrected chi connectivity index (χ3v) is 10.1. The second-order valence-corrected chi connectivity index (χ2v) is 13.5. The van der Waals surface area contributed by atoms with Gasteiger partial charge in [0.1, 0.15) is 23.3 Å². The van der Waals surface area contributed by atoms with E-state index in [0.29, 0.717) is 66.9 Å². The quantitative estimate of drug-likeness (QED) is 0.169. The number of anilines is 3. The smallest absolute Gasteiger partial charge is 0.151 e. The fraction of sp³-hybridized carbons (Fsp3) is 0.0435. The molecule has 1 aliphatic heterocycles. The molecule has 0 amide bonds. The molecule has 7 aromatic carbocycles. The van der Waals surface area contributed by atoms with Gasteiger partial charge in [-0.15, -0.1) is 0 Å². The minimum atomic E-state index is -0.563. The van der Waals surface area contributed by atoms with Crippen molar-refractivity contribution in [2.45, 2.75) is 13.8 Å². The minimum Gasteiger partial charge on any atom is -0.453 e. The Bertz CT molecular complexity index is 2920. The second-order valence-electron chi connectivity index (χ2n) is 13.5. The first-order valence-corrected chi connectivity index (χ1v) is 17.3. The van der Waals surface area contributed by atoms with E-state index in [1.54, 1.807) is 41.3 Å². The average molecular weight is 727 g/mol. The van der Waals surface area contributed by atoms with Crippen molar-refractivity contribution >= 4 is 38.9 Å². The van der Waals surface area contributed by atoms with E-state index in [4.69, 9.17) is 4.74 Å². The van der Waals surface area contributed by atoms with Gasteiger partial charge in [-0.25, -0.2) is 17.6 Å². The summed E-state index contributed by atoms with van der Waals surface area (Å²) in [6, 6.07) is 35.7. The van der Waals surface area contributed by atoms with Gasteiger partial charge in [-0.3, -0.25) is 0 Å². The standard InChI is InChI=1S/C46H26F4N4O/c1-25-17-27(23-51)3-9-33(25)35-11-12-36(34-10-4-28(24-52)18-26(34)2)46(54-41-21-31(49)7-15-43(41)55-44-16-8-32(50)22-42(44)54)45(35)53-39-13-5-29(47)19-37(39)38-20-30(48)6-14-40(38)53/h3-22H,1-2H3. The second kappa shape index (κ2) is 12.6. The molecule has 2 heterocycles. The third kappa shape index (κ3) is 5.36. The summed E-state index contributed by atoms with van der Waals surface area (Å²) in [5, 5.41) is 20.4. The van der Waals surface area contributed by atoms with Crippen LogP contribution in [0, 0.1) is 59.8 Å². The molecule has 0 saturated carbocycles. The molecule has 9 heteroatoms. The summed E-state index contributed by atoms with van der Waals surface area (Å²) in [6.45, 7) is 3.77. The summed E-state index contributed by atoms with van der Waals surface area (Å²) in [7, 11) is 0. The number of hydrogen-bond acceptors (Lipinski definition) is 4. The molecule has 8 aromatic rings. The van der Waals surface area contributed by atoms with Crippen molar-refractivity contribution in [3.63, 3.8) is 0 Å². The Labute approximate surface area is 312 Å². The number of benzene rings is 7. The van der Waals surface area contributed by atoms with Crippen molar-refractivity contribution in [3.8, 4) is 51.6 Å².